The van der Waals surface area contributed by atoms with Crippen LogP contribution in [-0.4, -0.2) is 17.1 Å². The Balaban J connectivity index is 1.86. The molecule has 0 unspecified atom stereocenters. The number of aromatic nitrogens is 2. The van der Waals surface area contributed by atoms with E-state index >= 15 is 0 Å². The molecular weight excluding hydrogens is 334 g/mol. The number of methoxy groups -OCH3 is 1. The van der Waals surface area contributed by atoms with Gasteiger partial charge in [0.15, 0.2) is 0 Å². The van der Waals surface area contributed by atoms with Gasteiger partial charge in [0.2, 0.25) is 0 Å². The second-order valence-electron chi connectivity index (χ2n) is 4.89. The molecule has 7 heteroatoms. The zero-order valence-corrected chi connectivity index (χ0v) is 13.1. The molecular formula is C14H16BrN5O. The van der Waals surface area contributed by atoms with E-state index in [1.54, 1.807) is 13.2 Å². The lowest BCUT2D eigenvalue weighted by Crippen LogP contribution is -2.11. The number of halogens is 1. The minimum atomic E-state index is 0.460. The molecule has 6 nitrogen and oxygen atoms in total. The Labute approximate surface area is 131 Å². The molecule has 0 saturated heterocycles. The van der Waals surface area contributed by atoms with Crippen LogP contribution >= 0.6 is 15.9 Å². The van der Waals surface area contributed by atoms with Crippen LogP contribution in [0.15, 0.2) is 28.7 Å². The molecule has 0 radical (unpaired) electrons. The summed E-state index contributed by atoms with van der Waals surface area (Å²) in [5.41, 5.74) is 3.49. The zero-order valence-electron chi connectivity index (χ0n) is 11.6. The van der Waals surface area contributed by atoms with Crippen LogP contribution in [0.25, 0.3) is 0 Å². The van der Waals surface area contributed by atoms with E-state index in [1.807, 2.05) is 18.2 Å². The van der Waals surface area contributed by atoms with Crippen LogP contribution in [0.4, 0.5) is 17.3 Å². The number of nitrogens with one attached hydrogen (secondary N) is 2. The molecule has 0 aliphatic heterocycles. The van der Waals surface area contributed by atoms with E-state index in [-0.39, 0.29) is 0 Å². The summed E-state index contributed by atoms with van der Waals surface area (Å²) in [6, 6.07) is 7.53. The maximum Gasteiger partial charge on any atom is 0.145 e. The summed E-state index contributed by atoms with van der Waals surface area (Å²) in [5.74, 6) is 8.88. The van der Waals surface area contributed by atoms with E-state index in [9.17, 15) is 0 Å². The van der Waals surface area contributed by atoms with Crippen molar-refractivity contribution in [1.29, 1.82) is 0 Å². The first kappa shape index (κ1) is 14.1. The van der Waals surface area contributed by atoms with Crippen LogP contribution in [0, 0.1) is 0 Å². The highest BCUT2D eigenvalue weighted by Gasteiger charge is 2.27. The van der Waals surface area contributed by atoms with Gasteiger partial charge in [0.1, 0.15) is 23.2 Å². The molecule has 1 aliphatic rings. The highest BCUT2D eigenvalue weighted by molar-refractivity contribution is 9.10. The fourth-order valence-electron chi connectivity index (χ4n) is 2.02. The number of nitrogen functional groups attached to an aromatic ring is 1. The van der Waals surface area contributed by atoms with Crippen molar-refractivity contribution < 1.29 is 4.74 Å². The standard InChI is InChI=1S/C14H16BrN5O/c1-21-11-5-4-9(6-10(11)15)17-12-7-13(20-16)19-14(18-12)8-2-3-8/h4-8H,2-3,16H2,1H3,(H2,17,18,19,20). The lowest BCUT2D eigenvalue weighted by Gasteiger charge is -2.11. The van der Waals surface area contributed by atoms with Crippen LogP contribution in [-0.2, 0) is 0 Å². The van der Waals surface area contributed by atoms with Gasteiger partial charge in [-0.15, -0.1) is 0 Å². The fraction of sp³-hybridized carbons (Fsp3) is 0.286. The Bertz CT molecular complexity index is 660. The van der Waals surface area contributed by atoms with Crippen LogP contribution in [0.1, 0.15) is 24.6 Å². The number of nitrogens with zero attached hydrogens (tertiary/aromatic N) is 2. The predicted molar refractivity (Wildman–Crippen MR) is 85.8 cm³/mol. The summed E-state index contributed by atoms with van der Waals surface area (Å²) in [7, 11) is 1.64. The quantitative estimate of drug-likeness (QED) is 0.567. The number of nitrogens with two attached hydrogens (primary N) is 1. The van der Waals surface area contributed by atoms with Crippen LogP contribution in [0.2, 0.25) is 0 Å². The van der Waals surface area contributed by atoms with E-state index in [2.05, 4.69) is 36.6 Å². The van der Waals surface area contributed by atoms with Gasteiger partial charge in [-0.1, -0.05) is 0 Å². The molecule has 1 aromatic heterocycles. The number of anilines is 3. The van der Waals surface area contributed by atoms with Crippen molar-refractivity contribution in [2.24, 2.45) is 5.84 Å². The molecule has 3 rings (SSSR count). The Morgan fingerprint density at radius 3 is 2.62 bits per heavy atom. The summed E-state index contributed by atoms with van der Waals surface area (Å²) in [6.45, 7) is 0. The molecule has 1 aliphatic carbocycles. The van der Waals surface area contributed by atoms with Gasteiger partial charge in [-0.05, 0) is 47.0 Å². The highest BCUT2D eigenvalue weighted by atomic mass is 79.9. The molecule has 110 valence electrons. The molecule has 1 heterocycles. The zero-order chi connectivity index (χ0) is 14.8. The minimum Gasteiger partial charge on any atom is -0.496 e. The number of ether oxygens (including phenoxy) is 1. The molecule has 0 bridgehead atoms. The SMILES string of the molecule is COc1ccc(Nc2cc(NN)nc(C3CC3)n2)cc1Br. The molecule has 1 fully saturated rings. The topological polar surface area (TPSA) is 85.1 Å². The Kier molecular flexibility index (Phi) is 3.94. The monoisotopic (exact) mass is 349 g/mol. The first-order valence-electron chi connectivity index (χ1n) is 6.66. The summed E-state index contributed by atoms with van der Waals surface area (Å²) >= 11 is 3.47. The molecule has 0 amide bonds. The van der Waals surface area contributed by atoms with E-state index in [0.29, 0.717) is 11.7 Å². The van der Waals surface area contributed by atoms with E-state index in [0.717, 1.165) is 40.4 Å². The van der Waals surface area contributed by atoms with E-state index < -0.39 is 0 Å². The van der Waals surface area contributed by atoms with Gasteiger partial charge >= 0.3 is 0 Å². The first-order chi connectivity index (χ1) is 10.2. The van der Waals surface area contributed by atoms with Gasteiger partial charge in [-0.2, -0.15) is 0 Å². The smallest absolute Gasteiger partial charge is 0.145 e. The van der Waals surface area contributed by atoms with Crippen molar-refractivity contribution >= 4 is 33.3 Å². The predicted octanol–water partition coefficient (Wildman–Crippen LogP) is 3.15. The molecule has 2 aromatic rings. The number of hydrogen-bond donors (Lipinski definition) is 3. The fourth-order valence-corrected chi connectivity index (χ4v) is 2.56. The molecule has 21 heavy (non-hydrogen) atoms. The molecule has 0 atom stereocenters. The molecule has 4 N–H and O–H groups in total. The van der Waals surface area contributed by atoms with Gasteiger partial charge in [0.25, 0.3) is 0 Å². The van der Waals surface area contributed by atoms with Crippen molar-refractivity contribution in [2.75, 3.05) is 17.9 Å². The Morgan fingerprint density at radius 1 is 1.24 bits per heavy atom. The molecule has 1 aromatic carbocycles. The van der Waals surface area contributed by atoms with Crippen molar-refractivity contribution in [3.63, 3.8) is 0 Å². The van der Waals surface area contributed by atoms with Crippen molar-refractivity contribution in [3.05, 3.63) is 34.6 Å². The second-order valence-corrected chi connectivity index (χ2v) is 5.74. The maximum absolute atomic E-state index is 5.47. The van der Waals surface area contributed by atoms with Gasteiger partial charge < -0.3 is 15.5 Å². The Hall–Kier alpha value is -1.86. The average Bonchev–Trinajstić information content (AvgIpc) is 3.32. The van der Waals surface area contributed by atoms with E-state index in [4.69, 9.17) is 10.6 Å². The lowest BCUT2D eigenvalue weighted by atomic mass is 10.3. The highest BCUT2D eigenvalue weighted by Crippen LogP contribution is 2.39. The molecule has 0 spiro atoms. The number of hydrazine groups is 1. The summed E-state index contributed by atoms with van der Waals surface area (Å²) < 4.78 is 6.10. The van der Waals surface area contributed by atoms with E-state index in [1.165, 1.54) is 0 Å². The number of hydrogen-bond acceptors (Lipinski definition) is 6. The van der Waals surface area contributed by atoms with Gasteiger partial charge in [0.05, 0.1) is 11.6 Å². The van der Waals surface area contributed by atoms with Crippen molar-refractivity contribution in [3.8, 4) is 5.75 Å². The summed E-state index contributed by atoms with van der Waals surface area (Å²) in [4.78, 5) is 8.93. The van der Waals surface area contributed by atoms with Crippen LogP contribution < -0.4 is 21.3 Å². The van der Waals surface area contributed by atoms with Gasteiger partial charge in [-0.25, -0.2) is 15.8 Å². The minimum absolute atomic E-state index is 0.460. The Morgan fingerprint density at radius 2 is 2.00 bits per heavy atom. The normalized spacial score (nSPS) is 13.9. The summed E-state index contributed by atoms with van der Waals surface area (Å²) in [6.07, 6.45) is 2.28. The van der Waals surface area contributed by atoms with Crippen molar-refractivity contribution in [1.82, 2.24) is 9.97 Å². The third kappa shape index (κ3) is 3.25. The number of rotatable bonds is 5. The maximum atomic E-state index is 5.47. The van der Waals surface area contributed by atoms with Crippen molar-refractivity contribution in [2.45, 2.75) is 18.8 Å². The third-order valence-corrected chi connectivity index (χ3v) is 3.88. The first-order valence-corrected chi connectivity index (χ1v) is 7.45. The third-order valence-electron chi connectivity index (χ3n) is 3.26. The van der Waals surface area contributed by atoms with Crippen LogP contribution in [0.3, 0.4) is 0 Å². The van der Waals surface area contributed by atoms with Gasteiger partial charge in [0, 0.05) is 17.7 Å². The summed E-state index contributed by atoms with van der Waals surface area (Å²) in [5, 5.41) is 3.26. The van der Waals surface area contributed by atoms with Gasteiger partial charge in [-0.3, -0.25) is 0 Å². The lowest BCUT2D eigenvalue weighted by molar-refractivity contribution is 0.412. The second kappa shape index (κ2) is 5.87. The average molecular weight is 350 g/mol. The molecule has 1 saturated carbocycles. The largest absolute Gasteiger partial charge is 0.496 e. The number of benzene rings is 1. The van der Waals surface area contributed by atoms with Crippen LogP contribution in [0.5, 0.6) is 5.75 Å².